The third kappa shape index (κ3) is 2.15. The Kier molecular flexibility index (Phi) is 3.08. The maximum absolute atomic E-state index is 6.09. The Bertz CT molecular complexity index is 588. The zero-order valence-electron chi connectivity index (χ0n) is 10.6. The van der Waals surface area contributed by atoms with E-state index in [1.165, 1.54) is 33.7 Å². The second-order valence-electron chi connectivity index (χ2n) is 4.98. The van der Waals surface area contributed by atoms with Gasteiger partial charge >= 0.3 is 0 Å². The Labute approximate surface area is 117 Å². The summed E-state index contributed by atoms with van der Waals surface area (Å²) in [7, 11) is 0. The second-order valence-corrected chi connectivity index (χ2v) is 6.75. The average Bonchev–Trinajstić information content (AvgIpc) is 2.84. The van der Waals surface area contributed by atoms with Gasteiger partial charge in [-0.3, -0.25) is 0 Å². The second kappa shape index (κ2) is 4.60. The van der Waals surface area contributed by atoms with E-state index in [2.05, 4.69) is 43.4 Å². The normalized spacial score (nSPS) is 17.8. The molecule has 1 N–H and O–H groups in total. The molecule has 0 saturated carbocycles. The summed E-state index contributed by atoms with van der Waals surface area (Å²) in [5.74, 6) is 0. The minimum absolute atomic E-state index is 0.421. The summed E-state index contributed by atoms with van der Waals surface area (Å²) in [6.45, 7) is 4.28. The first kappa shape index (κ1) is 12.1. The van der Waals surface area contributed by atoms with Crippen molar-refractivity contribution < 1.29 is 0 Å². The van der Waals surface area contributed by atoms with Gasteiger partial charge in [0, 0.05) is 10.6 Å². The SMILES string of the molecule is Cc1ccc(C)c(NC2CCc3sc(Cl)cc32)c1. The summed E-state index contributed by atoms with van der Waals surface area (Å²) in [4.78, 5) is 1.45. The van der Waals surface area contributed by atoms with Crippen LogP contribution in [0.1, 0.15) is 34.0 Å². The fourth-order valence-corrected chi connectivity index (χ4v) is 3.92. The highest BCUT2D eigenvalue weighted by molar-refractivity contribution is 7.16. The van der Waals surface area contributed by atoms with Crippen LogP contribution in [-0.4, -0.2) is 0 Å². The molecule has 94 valence electrons. The van der Waals surface area contributed by atoms with Crippen LogP contribution in [0.3, 0.4) is 0 Å². The van der Waals surface area contributed by atoms with Gasteiger partial charge in [-0.15, -0.1) is 11.3 Å². The zero-order chi connectivity index (χ0) is 12.7. The highest BCUT2D eigenvalue weighted by atomic mass is 35.5. The van der Waals surface area contributed by atoms with E-state index in [0.717, 1.165) is 10.8 Å². The third-order valence-electron chi connectivity index (χ3n) is 3.57. The van der Waals surface area contributed by atoms with Crippen LogP contribution in [0, 0.1) is 13.8 Å². The first-order chi connectivity index (χ1) is 8.63. The first-order valence-electron chi connectivity index (χ1n) is 6.25. The standard InChI is InChI=1S/C15H16ClNS/c1-9-3-4-10(2)13(7-9)17-12-5-6-14-11(12)8-15(16)18-14/h3-4,7-8,12,17H,5-6H2,1-2H3. The van der Waals surface area contributed by atoms with Gasteiger partial charge in [-0.25, -0.2) is 0 Å². The van der Waals surface area contributed by atoms with E-state index >= 15 is 0 Å². The molecule has 1 unspecified atom stereocenters. The predicted molar refractivity (Wildman–Crippen MR) is 79.9 cm³/mol. The van der Waals surface area contributed by atoms with Gasteiger partial charge < -0.3 is 5.32 Å². The van der Waals surface area contributed by atoms with E-state index in [1.54, 1.807) is 11.3 Å². The number of halogens is 1. The molecule has 0 bridgehead atoms. The van der Waals surface area contributed by atoms with Crippen LogP contribution in [0.4, 0.5) is 5.69 Å². The lowest BCUT2D eigenvalue weighted by molar-refractivity contribution is 0.761. The van der Waals surface area contributed by atoms with Crippen LogP contribution in [0.15, 0.2) is 24.3 Å². The number of thiophene rings is 1. The molecule has 1 aromatic heterocycles. The molecule has 3 rings (SSSR count). The molecule has 2 aromatic rings. The largest absolute Gasteiger partial charge is 0.378 e. The number of hydrogen-bond acceptors (Lipinski definition) is 2. The van der Waals surface area contributed by atoms with Crippen molar-refractivity contribution in [2.24, 2.45) is 0 Å². The Morgan fingerprint density at radius 2 is 2.11 bits per heavy atom. The first-order valence-corrected chi connectivity index (χ1v) is 7.45. The third-order valence-corrected chi connectivity index (χ3v) is 4.91. The Morgan fingerprint density at radius 1 is 1.28 bits per heavy atom. The molecule has 0 radical (unpaired) electrons. The van der Waals surface area contributed by atoms with E-state index in [1.807, 2.05) is 0 Å². The van der Waals surface area contributed by atoms with Gasteiger partial charge in [-0.1, -0.05) is 23.7 Å². The molecule has 3 heteroatoms. The molecule has 0 amide bonds. The lowest BCUT2D eigenvalue weighted by Crippen LogP contribution is -2.07. The number of fused-ring (bicyclic) bond motifs is 1. The molecular formula is C15H16ClNS. The van der Waals surface area contributed by atoms with Crippen LogP contribution < -0.4 is 5.32 Å². The van der Waals surface area contributed by atoms with Crippen molar-refractivity contribution in [2.75, 3.05) is 5.32 Å². The maximum Gasteiger partial charge on any atom is 0.0934 e. The van der Waals surface area contributed by atoms with Gasteiger partial charge in [0.1, 0.15) is 0 Å². The van der Waals surface area contributed by atoms with Gasteiger partial charge in [0.15, 0.2) is 0 Å². The molecule has 1 heterocycles. The topological polar surface area (TPSA) is 12.0 Å². The van der Waals surface area contributed by atoms with Gasteiger partial charge in [0.25, 0.3) is 0 Å². The van der Waals surface area contributed by atoms with Gasteiger partial charge in [0.2, 0.25) is 0 Å². The highest BCUT2D eigenvalue weighted by Crippen LogP contribution is 2.41. The minimum atomic E-state index is 0.421. The summed E-state index contributed by atoms with van der Waals surface area (Å²) < 4.78 is 0.910. The van der Waals surface area contributed by atoms with E-state index in [0.29, 0.717) is 6.04 Å². The van der Waals surface area contributed by atoms with Crippen molar-refractivity contribution in [2.45, 2.75) is 32.7 Å². The lowest BCUT2D eigenvalue weighted by Gasteiger charge is -2.17. The molecule has 1 aliphatic rings. The Balaban J connectivity index is 1.88. The predicted octanol–water partition coefficient (Wildman–Crippen LogP) is 5.12. The zero-order valence-corrected chi connectivity index (χ0v) is 12.2. The quantitative estimate of drug-likeness (QED) is 0.803. The fraction of sp³-hybridized carbons (Fsp3) is 0.333. The van der Waals surface area contributed by atoms with Crippen molar-refractivity contribution in [3.63, 3.8) is 0 Å². The van der Waals surface area contributed by atoms with Crippen LogP contribution in [0.5, 0.6) is 0 Å². The Morgan fingerprint density at radius 3 is 2.94 bits per heavy atom. The minimum Gasteiger partial charge on any atom is -0.378 e. The molecular weight excluding hydrogens is 262 g/mol. The number of nitrogens with one attached hydrogen (secondary N) is 1. The van der Waals surface area contributed by atoms with Gasteiger partial charge in [-0.05, 0) is 55.5 Å². The number of benzene rings is 1. The molecule has 1 nitrogen and oxygen atoms in total. The average molecular weight is 278 g/mol. The number of rotatable bonds is 2. The van der Waals surface area contributed by atoms with Crippen molar-refractivity contribution >= 4 is 28.6 Å². The van der Waals surface area contributed by atoms with Crippen molar-refractivity contribution in [3.8, 4) is 0 Å². The summed E-state index contributed by atoms with van der Waals surface area (Å²) in [6.07, 6.45) is 2.32. The van der Waals surface area contributed by atoms with Crippen molar-refractivity contribution in [3.05, 3.63) is 50.2 Å². The summed E-state index contributed by atoms with van der Waals surface area (Å²) >= 11 is 7.82. The number of anilines is 1. The van der Waals surface area contributed by atoms with Crippen LogP contribution >= 0.6 is 22.9 Å². The molecule has 0 saturated heterocycles. The van der Waals surface area contributed by atoms with Crippen LogP contribution in [-0.2, 0) is 6.42 Å². The number of hydrogen-bond donors (Lipinski definition) is 1. The van der Waals surface area contributed by atoms with E-state index in [-0.39, 0.29) is 0 Å². The van der Waals surface area contributed by atoms with E-state index in [4.69, 9.17) is 11.6 Å². The summed E-state index contributed by atoms with van der Waals surface area (Å²) in [5, 5.41) is 3.67. The van der Waals surface area contributed by atoms with Crippen molar-refractivity contribution in [1.29, 1.82) is 0 Å². The maximum atomic E-state index is 6.09. The smallest absolute Gasteiger partial charge is 0.0934 e. The molecule has 1 aliphatic carbocycles. The molecule has 1 aromatic carbocycles. The summed E-state index contributed by atoms with van der Waals surface area (Å²) in [6, 6.07) is 9.10. The number of aryl methyl sites for hydroxylation is 3. The van der Waals surface area contributed by atoms with Crippen molar-refractivity contribution in [1.82, 2.24) is 0 Å². The summed E-state index contributed by atoms with van der Waals surface area (Å²) in [5.41, 5.74) is 5.24. The fourth-order valence-electron chi connectivity index (χ4n) is 2.56. The van der Waals surface area contributed by atoms with E-state index in [9.17, 15) is 0 Å². The lowest BCUT2D eigenvalue weighted by atomic mass is 10.1. The molecule has 0 aliphatic heterocycles. The van der Waals surface area contributed by atoms with Crippen LogP contribution in [0.2, 0.25) is 4.34 Å². The van der Waals surface area contributed by atoms with Gasteiger partial charge in [0.05, 0.1) is 10.4 Å². The Hall–Kier alpha value is -0.990. The molecule has 0 spiro atoms. The molecule has 18 heavy (non-hydrogen) atoms. The van der Waals surface area contributed by atoms with E-state index < -0.39 is 0 Å². The molecule has 0 fully saturated rings. The molecule has 1 atom stereocenters. The monoisotopic (exact) mass is 277 g/mol. The highest BCUT2D eigenvalue weighted by Gasteiger charge is 2.25. The van der Waals surface area contributed by atoms with Gasteiger partial charge in [-0.2, -0.15) is 0 Å². The van der Waals surface area contributed by atoms with Crippen LogP contribution in [0.25, 0.3) is 0 Å².